The van der Waals surface area contributed by atoms with Crippen LogP contribution in [0.3, 0.4) is 0 Å². The normalized spacial score (nSPS) is 10.9. The van der Waals surface area contributed by atoms with Crippen molar-refractivity contribution in [3.63, 3.8) is 0 Å². The van der Waals surface area contributed by atoms with E-state index in [-0.39, 0.29) is 13.2 Å². The van der Waals surface area contributed by atoms with E-state index in [0.29, 0.717) is 0 Å². The molecule has 0 atom stereocenters. The van der Waals surface area contributed by atoms with Crippen LogP contribution < -0.4 is 0 Å². The van der Waals surface area contributed by atoms with Crippen molar-refractivity contribution in [1.29, 1.82) is 0 Å². The third kappa shape index (κ3) is 6.71. The van der Waals surface area contributed by atoms with Crippen LogP contribution >= 0.6 is 23.5 Å². The maximum Gasteiger partial charge on any atom is 0.0681 e. The monoisotopic (exact) mass is 410 g/mol. The molecular formula is C24H26O2S2. The summed E-state index contributed by atoms with van der Waals surface area (Å²) in [5.41, 5.74) is 7.22. The predicted octanol–water partition coefficient (Wildman–Crippen LogP) is 5.54. The Morgan fingerprint density at radius 2 is 0.607 bits per heavy atom. The van der Waals surface area contributed by atoms with Gasteiger partial charge in [0, 0.05) is 23.0 Å². The predicted molar refractivity (Wildman–Crippen MR) is 121 cm³/mol. The van der Waals surface area contributed by atoms with Crippen LogP contribution in [0.25, 0.3) is 0 Å². The van der Waals surface area contributed by atoms with Crippen LogP contribution in [0.5, 0.6) is 0 Å². The van der Waals surface area contributed by atoms with Gasteiger partial charge < -0.3 is 10.2 Å². The highest BCUT2D eigenvalue weighted by Crippen LogP contribution is 2.21. The number of rotatable bonds is 10. The van der Waals surface area contributed by atoms with Crippen molar-refractivity contribution in [3.05, 3.63) is 106 Å². The molecule has 0 aromatic heterocycles. The fraction of sp³-hybridized carbons (Fsp3) is 0.250. The molecule has 0 heterocycles. The summed E-state index contributed by atoms with van der Waals surface area (Å²) in [6.45, 7) is 0.210. The van der Waals surface area contributed by atoms with E-state index in [1.807, 2.05) is 47.8 Å². The van der Waals surface area contributed by atoms with Crippen molar-refractivity contribution in [2.75, 3.05) is 0 Å². The van der Waals surface area contributed by atoms with Crippen molar-refractivity contribution in [1.82, 2.24) is 0 Å². The highest BCUT2D eigenvalue weighted by molar-refractivity contribution is 7.98. The van der Waals surface area contributed by atoms with Gasteiger partial charge in [-0.1, -0.05) is 72.8 Å². The van der Waals surface area contributed by atoms with Crippen molar-refractivity contribution in [2.24, 2.45) is 0 Å². The maximum absolute atomic E-state index is 9.09. The van der Waals surface area contributed by atoms with E-state index in [1.165, 1.54) is 22.3 Å². The van der Waals surface area contributed by atoms with E-state index >= 15 is 0 Å². The van der Waals surface area contributed by atoms with Gasteiger partial charge in [-0.2, -0.15) is 23.5 Å². The quantitative estimate of drug-likeness (QED) is 0.460. The molecule has 146 valence electrons. The summed E-state index contributed by atoms with van der Waals surface area (Å²) in [6.07, 6.45) is 0. The molecule has 28 heavy (non-hydrogen) atoms. The Balaban J connectivity index is 1.38. The standard InChI is InChI=1S/C24H26O2S2/c25-13-19-1-5-21(6-2-19)15-27-17-23-9-11-24(12-10-23)18-28-16-22-7-3-20(14-26)4-8-22/h1-12,25-26H,13-18H2. The number of hydrogen-bond donors (Lipinski definition) is 2. The second-order valence-electron chi connectivity index (χ2n) is 6.75. The first-order valence-electron chi connectivity index (χ1n) is 9.37. The van der Waals surface area contributed by atoms with Crippen LogP contribution in [-0.2, 0) is 36.2 Å². The molecule has 0 aliphatic rings. The summed E-state index contributed by atoms with van der Waals surface area (Å²) >= 11 is 3.82. The van der Waals surface area contributed by atoms with Crippen LogP contribution in [0, 0.1) is 0 Å². The second-order valence-corrected chi connectivity index (χ2v) is 8.72. The average Bonchev–Trinajstić information content (AvgIpc) is 2.76. The van der Waals surface area contributed by atoms with Crippen LogP contribution in [0.15, 0.2) is 72.8 Å². The van der Waals surface area contributed by atoms with Gasteiger partial charge in [-0.3, -0.25) is 0 Å². The second kappa shape index (κ2) is 11.3. The van der Waals surface area contributed by atoms with Gasteiger partial charge in [0.05, 0.1) is 13.2 Å². The van der Waals surface area contributed by atoms with Gasteiger partial charge in [-0.05, 0) is 33.4 Å². The van der Waals surface area contributed by atoms with Gasteiger partial charge in [0.1, 0.15) is 0 Å². The Morgan fingerprint density at radius 3 is 0.821 bits per heavy atom. The Labute approximate surface area is 176 Å². The highest BCUT2D eigenvalue weighted by Gasteiger charge is 2.00. The zero-order chi connectivity index (χ0) is 19.6. The van der Waals surface area contributed by atoms with E-state index in [4.69, 9.17) is 10.2 Å². The Bertz CT molecular complexity index is 755. The lowest BCUT2D eigenvalue weighted by atomic mass is 10.2. The molecule has 0 amide bonds. The molecule has 0 saturated heterocycles. The third-order valence-corrected chi connectivity index (χ3v) is 6.66. The fourth-order valence-electron chi connectivity index (χ4n) is 2.79. The molecule has 3 rings (SSSR count). The van der Waals surface area contributed by atoms with E-state index in [0.717, 1.165) is 34.1 Å². The molecule has 2 nitrogen and oxygen atoms in total. The lowest BCUT2D eigenvalue weighted by Gasteiger charge is -2.06. The third-order valence-electron chi connectivity index (χ3n) is 4.51. The summed E-state index contributed by atoms with van der Waals surface area (Å²) in [6, 6.07) is 25.3. The summed E-state index contributed by atoms with van der Waals surface area (Å²) in [5, 5.41) is 18.2. The summed E-state index contributed by atoms with van der Waals surface area (Å²) in [7, 11) is 0. The lowest BCUT2D eigenvalue weighted by Crippen LogP contribution is -1.88. The first-order chi connectivity index (χ1) is 13.8. The molecule has 3 aromatic carbocycles. The summed E-state index contributed by atoms with van der Waals surface area (Å²) in [5.74, 6) is 3.98. The number of thioether (sulfide) groups is 2. The SMILES string of the molecule is OCc1ccc(CSCc2ccc(CSCc3ccc(CO)cc3)cc2)cc1. The van der Waals surface area contributed by atoms with Crippen LogP contribution in [0.4, 0.5) is 0 Å². The van der Waals surface area contributed by atoms with Crippen molar-refractivity contribution in [3.8, 4) is 0 Å². The van der Waals surface area contributed by atoms with E-state index in [2.05, 4.69) is 48.5 Å². The van der Waals surface area contributed by atoms with Crippen LogP contribution in [-0.4, -0.2) is 10.2 Å². The largest absolute Gasteiger partial charge is 0.392 e. The molecule has 4 heteroatoms. The van der Waals surface area contributed by atoms with Crippen LogP contribution in [0.1, 0.15) is 33.4 Å². The Hall–Kier alpha value is -1.72. The molecular weight excluding hydrogens is 384 g/mol. The topological polar surface area (TPSA) is 40.5 Å². The Morgan fingerprint density at radius 1 is 0.393 bits per heavy atom. The van der Waals surface area contributed by atoms with Gasteiger partial charge in [0.25, 0.3) is 0 Å². The molecule has 0 bridgehead atoms. The molecule has 0 spiro atoms. The average molecular weight is 411 g/mol. The zero-order valence-corrected chi connectivity index (χ0v) is 17.5. The number of hydrogen-bond acceptors (Lipinski definition) is 4. The van der Waals surface area contributed by atoms with Crippen molar-refractivity contribution < 1.29 is 10.2 Å². The molecule has 0 aliphatic heterocycles. The fourth-order valence-corrected chi connectivity index (χ4v) is 4.70. The van der Waals surface area contributed by atoms with Crippen molar-refractivity contribution in [2.45, 2.75) is 36.2 Å². The van der Waals surface area contributed by atoms with Crippen LogP contribution in [0.2, 0.25) is 0 Å². The number of benzene rings is 3. The minimum Gasteiger partial charge on any atom is -0.392 e. The van der Waals surface area contributed by atoms with Gasteiger partial charge in [0.15, 0.2) is 0 Å². The zero-order valence-electron chi connectivity index (χ0n) is 15.9. The smallest absolute Gasteiger partial charge is 0.0681 e. The first-order valence-corrected chi connectivity index (χ1v) is 11.7. The van der Waals surface area contributed by atoms with E-state index in [1.54, 1.807) is 0 Å². The lowest BCUT2D eigenvalue weighted by molar-refractivity contribution is 0.281. The molecule has 0 unspecified atom stereocenters. The molecule has 3 aromatic rings. The first kappa shape index (κ1) is 21.0. The minimum atomic E-state index is 0.105. The van der Waals surface area contributed by atoms with Crippen molar-refractivity contribution >= 4 is 23.5 Å². The minimum absolute atomic E-state index is 0.105. The summed E-state index contributed by atoms with van der Waals surface area (Å²) < 4.78 is 0. The van der Waals surface area contributed by atoms with Gasteiger partial charge >= 0.3 is 0 Å². The molecule has 0 fully saturated rings. The molecule has 2 N–H and O–H groups in total. The molecule has 0 radical (unpaired) electrons. The van der Waals surface area contributed by atoms with E-state index in [9.17, 15) is 0 Å². The molecule has 0 saturated carbocycles. The van der Waals surface area contributed by atoms with Gasteiger partial charge in [-0.25, -0.2) is 0 Å². The summed E-state index contributed by atoms with van der Waals surface area (Å²) in [4.78, 5) is 0. The van der Waals surface area contributed by atoms with E-state index < -0.39 is 0 Å². The Kier molecular flexibility index (Phi) is 8.49. The number of aliphatic hydroxyl groups excluding tert-OH is 2. The number of aliphatic hydroxyl groups is 2. The highest BCUT2D eigenvalue weighted by atomic mass is 32.2. The maximum atomic E-state index is 9.09. The van der Waals surface area contributed by atoms with Gasteiger partial charge in [-0.15, -0.1) is 0 Å². The van der Waals surface area contributed by atoms with Gasteiger partial charge in [0.2, 0.25) is 0 Å². The molecule has 0 aliphatic carbocycles.